The van der Waals surface area contributed by atoms with E-state index in [4.69, 9.17) is 9.15 Å². The van der Waals surface area contributed by atoms with E-state index < -0.39 is 10.0 Å². The van der Waals surface area contributed by atoms with Crippen LogP contribution in [0.5, 0.6) is 5.75 Å². The fourth-order valence-electron chi connectivity index (χ4n) is 4.51. The highest BCUT2D eigenvalue weighted by molar-refractivity contribution is 7.89. The maximum atomic E-state index is 13.3. The van der Waals surface area contributed by atoms with Gasteiger partial charge >= 0.3 is 0 Å². The van der Waals surface area contributed by atoms with Crippen LogP contribution in [0.1, 0.15) is 38.4 Å². The Morgan fingerprint density at radius 3 is 2.39 bits per heavy atom. The predicted molar refractivity (Wildman–Crippen MR) is 146 cm³/mol. The summed E-state index contributed by atoms with van der Waals surface area (Å²) in [5.74, 6) is 1.73. The number of likely N-dealkylation sites (N-methyl/N-ethyl adjacent to an activating group) is 1. The minimum absolute atomic E-state index is 0.00324. The molecule has 0 fully saturated rings. The quantitative estimate of drug-likeness (QED) is 0.424. The van der Waals surface area contributed by atoms with Crippen LogP contribution in [0.4, 0.5) is 0 Å². The topological polar surface area (TPSA) is 104 Å². The Labute approximate surface area is 224 Å². The Morgan fingerprint density at radius 2 is 1.79 bits per heavy atom. The first kappa shape index (κ1) is 27.4. The largest absolute Gasteiger partial charge is 0.497 e. The van der Waals surface area contributed by atoms with Crippen LogP contribution in [-0.2, 0) is 23.0 Å². The van der Waals surface area contributed by atoms with Gasteiger partial charge in [-0.15, -0.1) is 0 Å². The van der Waals surface area contributed by atoms with Gasteiger partial charge in [0, 0.05) is 32.7 Å². The van der Waals surface area contributed by atoms with Crippen molar-refractivity contribution in [2.24, 2.45) is 4.99 Å². The Morgan fingerprint density at radius 1 is 1.11 bits per heavy atom. The predicted octanol–water partition coefficient (Wildman–Crippen LogP) is 3.39. The number of furan rings is 1. The molecule has 0 radical (unpaired) electrons. The van der Waals surface area contributed by atoms with Gasteiger partial charge in [0.25, 0.3) is 5.91 Å². The number of carbonyl (C=O) groups is 1. The van der Waals surface area contributed by atoms with Gasteiger partial charge in [-0.05, 0) is 55.2 Å². The lowest BCUT2D eigenvalue weighted by atomic mass is 10.1. The molecule has 1 amide bonds. The minimum Gasteiger partial charge on any atom is -0.497 e. The van der Waals surface area contributed by atoms with Gasteiger partial charge in [-0.25, -0.2) is 8.42 Å². The molecule has 1 N–H and O–H groups in total. The molecule has 4 rings (SSSR count). The average molecular weight is 539 g/mol. The van der Waals surface area contributed by atoms with Crippen LogP contribution in [0.15, 0.2) is 63.0 Å². The normalized spacial score (nSPS) is 13.4. The van der Waals surface area contributed by atoms with Gasteiger partial charge < -0.3 is 19.4 Å². The molecular weight excluding hydrogens is 504 g/mol. The number of methoxy groups -OCH3 is 1. The third-order valence-electron chi connectivity index (χ3n) is 6.60. The molecule has 1 aliphatic heterocycles. The van der Waals surface area contributed by atoms with Gasteiger partial charge in [0.2, 0.25) is 10.0 Å². The van der Waals surface area contributed by atoms with Crippen LogP contribution < -0.4 is 10.1 Å². The molecule has 0 atom stereocenters. The van der Waals surface area contributed by atoms with Gasteiger partial charge in [0.05, 0.1) is 30.7 Å². The maximum absolute atomic E-state index is 13.3. The second kappa shape index (κ2) is 11.4. The third kappa shape index (κ3) is 5.92. The number of aliphatic imine (C=N–C) groups is 1. The van der Waals surface area contributed by atoms with E-state index in [0.29, 0.717) is 41.2 Å². The average Bonchev–Trinajstić information content (AvgIpc) is 3.59. The zero-order chi connectivity index (χ0) is 27.4. The number of nitrogens with one attached hydrogen (secondary N) is 1. The van der Waals surface area contributed by atoms with Crippen LogP contribution in [-0.4, -0.2) is 70.2 Å². The van der Waals surface area contributed by atoms with E-state index in [-0.39, 0.29) is 17.3 Å². The molecule has 0 unspecified atom stereocenters. The Balaban J connectivity index is 1.36. The molecule has 1 aromatic heterocycles. The highest BCUT2D eigenvalue weighted by Crippen LogP contribution is 2.28. The van der Waals surface area contributed by atoms with E-state index in [1.165, 1.54) is 17.6 Å². The van der Waals surface area contributed by atoms with Gasteiger partial charge in [0.15, 0.2) is 0 Å². The summed E-state index contributed by atoms with van der Waals surface area (Å²) in [7, 11) is 0.995. The Hall–Kier alpha value is -3.63. The fraction of sp³-hybridized carbons (Fsp3) is 0.357. The number of carbonyl (C=O) groups excluding carboxylic acids is 1. The molecule has 10 heteroatoms. The molecule has 202 valence electrons. The van der Waals surface area contributed by atoms with Crippen LogP contribution in [0, 0.1) is 13.8 Å². The van der Waals surface area contributed by atoms with Crippen molar-refractivity contribution >= 4 is 21.8 Å². The molecule has 1 aliphatic rings. The highest BCUT2D eigenvalue weighted by Gasteiger charge is 2.27. The number of sulfonamides is 1. The summed E-state index contributed by atoms with van der Waals surface area (Å²) < 4.78 is 38.6. The number of aryl methyl sites for hydroxylation is 2. The van der Waals surface area contributed by atoms with Crippen molar-refractivity contribution in [1.82, 2.24) is 14.5 Å². The minimum atomic E-state index is -3.79. The summed E-state index contributed by atoms with van der Waals surface area (Å²) in [6.45, 7) is 5.68. The van der Waals surface area contributed by atoms with Crippen LogP contribution >= 0.6 is 0 Å². The van der Waals surface area contributed by atoms with Gasteiger partial charge in [0.1, 0.15) is 23.6 Å². The lowest BCUT2D eigenvalue weighted by Crippen LogP contribution is -2.29. The monoisotopic (exact) mass is 538 g/mol. The van der Waals surface area contributed by atoms with E-state index in [9.17, 15) is 13.2 Å². The Kier molecular flexibility index (Phi) is 8.23. The first-order valence-corrected chi connectivity index (χ1v) is 13.9. The lowest BCUT2D eigenvalue weighted by Gasteiger charge is -2.19. The molecule has 0 bridgehead atoms. The molecule has 0 saturated heterocycles. The molecule has 9 nitrogen and oxygen atoms in total. The summed E-state index contributed by atoms with van der Waals surface area (Å²) in [5.41, 5.74) is 3.76. The molecule has 2 aromatic carbocycles. The smallest absolute Gasteiger partial charge is 0.256 e. The van der Waals surface area contributed by atoms with E-state index in [1.807, 2.05) is 12.1 Å². The number of rotatable bonds is 10. The van der Waals surface area contributed by atoms with E-state index in [2.05, 4.69) is 22.4 Å². The van der Waals surface area contributed by atoms with E-state index in [0.717, 1.165) is 30.1 Å². The van der Waals surface area contributed by atoms with Crippen LogP contribution in [0.2, 0.25) is 0 Å². The van der Waals surface area contributed by atoms with Crippen molar-refractivity contribution in [3.8, 4) is 5.75 Å². The van der Waals surface area contributed by atoms with Crippen LogP contribution in [0.25, 0.3) is 0 Å². The fourth-order valence-corrected chi connectivity index (χ4v) is 6.05. The summed E-state index contributed by atoms with van der Waals surface area (Å²) in [6.07, 6.45) is 2.08. The van der Waals surface area contributed by atoms with Crippen molar-refractivity contribution in [2.45, 2.75) is 31.7 Å². The van der Waals surface area contributed by atoms with Gasteiger partial charge in [-0.3, -0.25) is 9.79 Å². The van der Waals surface area contributed by atoms with E-state index >= 15 is 0 Å². The number of hydrogen-bond donors (Lipinski definition) is 1. The standard InChI is InChI=1S/C28H34N4O5S/c1-19-14-24(36-5)15-20(2)26(19)38(34,35)32(4)17-25-16-23(18-37-25)28(33)31(3)13-10-21-6-8-22(9-7-21)27-29-11-12-30-27/h6-9,14-16,18H,10-13,17H2,1-5H3,(H,29,30). The zero-order valence-corrected chi connectivity index (χ0v) is 23.3. The van der Waals surface area contributed by atoms with Gasteiger partial charge in [-0.1, -0.05) is 24.3 Å². The molecule has 2 heterocycles. The second-order valence-corrected chi connectivity index (χ2v) is 11.5. The number of hydrogen-bond acceptors (Lipinski definition) is 7. The molecule has 0 saturated carbocycles. The van der Waals surface area contributed by atoms with Crippen molar-refractivity contribution in [3.63, 3.8) is 0 Å². The van der Waals surface area contributed by atoms with Crippen molar-refractivity contribution in [2.75, 3.05) is 40.8 Å². The van der Waals surface area contributed by atoms with Crippen LogP contribution in [0.3, 0.4) is 0 Å². The zero-order valence-electron chi connectivity index (χ0n) is 22.4. The van der Waals surface area contributed by atoms with E-state index in [1.54, 1.807) is 51.1 Å². The third-order valence-corrected chi connectivity index (χ3v) is 8.71. The first-order chi connectivity index (χ1) is 18.1. The maximum Gasteiger partial charge on any atom is 0.256 e. The Bertz CT molecular complexity index is 1420. The number of ether oxygens (including phenoxy) is 1. The highest BCUT2D eigenvalue weighted by atomic mass is 32.2. The number of benzene rings is 2. The molecular formula is C28H34N4O5S. The lowest BCUT2D eigenvalue weighted by molar-refractivity contribution is 0.0796. The molecule has 38 heavy (non-hydrogen) atoms. The van der Waals surface area contributed by atoms with Crippen molar-refractivity contribution in [1.29, 1.82) is 0 Å². The SMILES string of the molecule is COc1cc(C)c(S(=O)(=O)N(C)Cc2cc(C(=O)N(C)CCc3ccc(C4=NCCN4)cc3)co2)c(C)c1. The van der Waals surface area contributed by atoms with Crippen molar-refractivity contribution < 1.29 is 22.4 Å². The summed E-state index contributed by atoms with van der Waals surface area (Å²) in [5, 5.41) is 3.26. The number of amidine groups is 1. The molecule has 0 spiro atoms. The first-order valence-electron chi connectivity index (χ1n) is 12.4. The molecule has 3 aromatic rings. The molecule has 0 aliphatic carbocycles. The van der Waals surface area contributed by atoms with Gasteiger partial charge in [-0.2, -0.15) is 4.31 Å². The summed E-state index contributed by atoms with van der Waals surface area (Å²) in [6, 6.07) is 13.2. The second-order valence-electron chi connectivity index (χ2n) is 9.48. The number of nitrogens with zero attached hydrogens (tertiary/aromatic N) is 3. The number of amides is 1. The van der Waals surface area contributed by atoms with Crippen molar-refractivity contribution in [3.05, 3.63) is 82.3 Å². The summed E-state index contributed by atoms with van der Waals surface area (Å²) >= 11 is 0. The summed E-state index contributed by atoms with van der Waals surface area (Å²) in [4.78, 5) is 19.3.